The van der Waals surface area contributed by atoms with Crippen molar-refractivity contribution in [3.05, 3.63) is 24.3 Å². The Morgan fingerprint density at radius 3 is 2.50 bits per heavy atom. The maximum absolute atomic E-state index is 12.8. The fraction of sp³-hybridized carbons (Fsp3) is 0.556. The van der Waals surface area contributed by atoms with Crippen LogP contribution in [0.5, 0.6) is 0 Å². The fourth-order valence-electron chi connectivity index (χ4n) is 3.09. The van der Waals surface area contributed by atoms with Crippen molar-refractivity contribution in [3.63, 3.8) is 0 Å². The molecule has 1 heterocycles. The SMILES string of the molecule is CC(=O)Nc1ccc(SC(C)C(=O)N2CCCCC2C(C)N)cc1. The lowest BCUT2D eigenvalue weighted by Crippen LogP contribution is -2.53. The van der Waals surface area contributed by atoms with Crippen molar-refractivity contribution in [1.29, 1.82) is 0 Å². The molecule has 2 amide bonds. The van der Waals surface area contributed by atoms with Gasteiger partial charge in [-0.05, 0) is 57.4 Å². The van der Waals surface area contributed by atoms with Crippen LogP contribution in [0.2, 0.25) is 0 Å². The second-order valence-corrected chi connectivity index (χ2v) is 7.83. The fourth-order valence-corrected chi connectivity index (χ4v) is 4.02. The number of carbonyl (C=O) groups excluding carboxylic acids is 2. The van der Waals surface area contributed by atoms with Crippen molar-refractivity contribution < 1.29 is 9.59 Å². The molecule has 0 radical (unpaired) electrons. The molecular formula is C18H27N3O2S. The molecule has 1 aliphatic rings. The number of anilines is 1. The Bertz CT molecular complexity index is 574. The second kappa shape index (κ2) is 8.53. The third kappa shape index (κ3) is 4.98. The van der Waals surface area contributed by atoms with Crippen LogP contribution in [0, 0.1) is 0 Å². The molecule has 3 N–H and O–H groups in total. The molecule has 2 rings (SSSR count). The lowest BCUT2D eigenvalue weighted by atomic mass is 9.96. The van der Waals surface area contributed by atoms with E-state index >= 15 is 0 Å². The summed E-state index contributed by atoms with van der Waals surface area (Å²) in [6, 6.07) is 7.72. The minimum Gasteiger partial charge on any atom is -0.337 e. The van der Waals surface area contributed by atoms with Gasteiger partial charge in [0.2, 0.25) is 11.8 Å². The molecule has 1 fully saturated rings. The van der Waals surface area contributed by atoms with Crippen LogP contribution in [0.25, 0.3) is 0 Å². The van der Waals surface area contributed by atoms with E-state index in [0.717, 1.165) is 36.4 Å². The van der Waals surface area contributed by atoms with Gasteiger partial charge < -0.3 is 16.0 Å². The Morgan fingerprint density at radius 1 is 1.25 bits per heavy atom. The zero-order valence-electron chi connectivity index (χ0n) is 14.6. The molecule has 3 atom stereocenters. The molecule has 1 aliphatic heterocycles. The van der Waals surface area contributed by atoms with Gasteiger partial charge in [0, 0.05) is 36.1 Å². The summed E-state index contributed by atoms with van der Waals surface area (Å²) in [5.74, 6) is 0.0685. The van der Waals surface area contributed by atoms with E-state index in [-0.39, 0.29) is 29.1 Å². The van der Waals surface area contributed by atoms with Gasteiger partial charge in [0.15, 0.2) is 0 Å². The maximum atomic E-state index is 12.8. The van der Waals surface area contributed by atoms with Crippen LogP contribution in [0.4, 0.5) is 5.69 Å². The number of nitrogens with zero attached hydrogens (tertiary/aromatic N) is 1. The van der Waals surface area contributed by atoms with Crippen LogP contribution in [-0.4, -0.2) is 40.6 Å². The monoisotopic (exact) mass is 349 g/mol. The molecule has 24 heavy (non-hydrogen) atoms. The molecule has 3 unspecified atom stereocenters. The number of nitrogens with two attached hydrogens (primary N) is 1. The molecule has 1 aromatic rings. The van der Waals surface area contributed by atoms with Gasteiger partial charge in [-0.3, -0.25) is 9.59 Å². The van der Waals surface area contributed by atoms with Gasteiger partial charge in [-0.2, -0.15) is 0 Å². The van der Waals surface area contributed by atoms with E-state index in [4.69, 9.17) is 5.73 Å². The molecule has 6 heteroatoms. The summed E-state index contributed by atoms with van der Waals surface area (Å²) in [5.41, 5.74) is 6.83. The predicted molar refractivity (Wildman–Crippen MR) is 99.1 cm³/mol. The third-order valence-corrected chi connectivity index (χ3v) is 5.37. The summed E-state index contributed by atoms with van der Waals surface area (Å²) in [5, 5.41) is 2.58. The normalized spacial score (nSPS) is 20.3. The quantitative estimate of drug-likeness (QED) is 0.802. The molecule has 1 aromatic carbocycles. The van der Waals surface area contributed by atoms with E-state index in [1.807, 2.05) is 43.0 Å². The average Bonchev–Trinajstić information content (AvgIpc) is 2.55. The highest BCUT2D eigenvalue weighted by atomic mass is 32.2. The molecule has 0 aliphatic carbocycles. The molecule has 0 spiro atoms. The number of thioether (sulfide) groups is 1. The van der Waals surface area contributed by atoms with Gasteiger partial charge in [0.05, 0.1) is 5.25 Å². The Balaban J connectivity index is 1.98. The minimum absolute atomic E-state index is 0.00314. The van der Waals surface area contributed by atoms with E-state index in [0.29, 0.717) is 0 Å². The lowest BCUT2D eigenvalue weighted by molar-refractivity contribution is -0.134. The number of nitrogens with one attached hydrogen (secondary N) is 1. The number of rotatable bonds is 5. The highest BCUT2D eigenvalue weighted by Gasteiger charge is 2.31. The summed E-state index contributed by atoms with van der Waals surface area (Å²) in [6.45, 7) is 6.21. The summed E-state index contributed by atoms with van der Waals surface area (Å²) in [4.78, 5) is 26.9. The molecule has 0 saturated carbocycles. The molecule has 5 nitrogen and oxygen atoms in total. The smallest absolute Gasteiger partial charge is 0.236 e. The van der Waals surface area contributed by atoms with Crippen molar-refractivity contribution in [2.24, 2.45) is 5.73 Å². The van der Waals surface area contributed by atoms with Crippen LogP contribution in [0.3, 0.4) is 0 Å². The highest BCUT2D eigenvalue weighted by Crippen LogP contribution is 2.28. The first-order chi connectivity index (χ1) is 11.4. The van der Waals surface area contributed by atoms with Gasteiger partial charge in [0.25, 0.3) is 0 Å². The largest absolute Gasteiger partial charge is 0.337 e. The number of likely N-dealkylation sites (tertiary alicyclic amines) is 1. The summed E-state index contributed by atoms with van der Waals surface area (Å²) >= 11 is 1.54. The Kier molecular flexibility index (Phi) is 6.69. The first kappa shape index (κ1) is 18.8. The molecule has 0 aromatic heterocycles. The number of hydrogen-bond donors (Lipinski definition) is 2. The van der Waals surface area contributed by atoms with E-state index in [1.54, 1.807) is 11.8 Å². The zero-order valence-corrected chi connectivity index (χ0v) is 15.4. The van der Waals surface area contributed by atoms with Gasteiger partial charge in [-0.25, -0.2) is 0 Å². The average molecular weight is 350 g/mol. The van der Waals surface area contributed by atoms with Crippen LogP contribution < -0.4 is 11.1 Å². The molecule has 1 saturated heterocycles. The third-order valence-electron chi connectivity index (χ3n) is 4.27. The summed E-state index contributed by atoms with van der Waals surface area (Å²) < 4.78 is 0. The number of hydrogen-bond acceptors (Lipinski definition) is 4. The van der Waals surface area contributed by atoms with Crippen LogP contribution in [0.15, 0.2) is 29.2 Å². The minimum atomic E-state index is -0.157. The molecule has 0 bridgehead atoms. The number of piperidine rings is 1. The Labute approximate surface area is 148 Å². The van der Waals surface area contributed by atoms with Crippen molar-refractivity contribution >= 4 is 29.3 Å². The van der Waals surface area contributed by atoms with E-state index in [1.165, 1.54) is 6.92 Å². The van der Waals surface area contributed by atoms with Crippen molar-refractivity contribution in [2.45, 2.75) is 62.3 Å². The molecule has 132 valence electrons. The first-order valence-electron chi connectivity index (χ1n) is 8.49. The van der Waals surface area contributed by atoms with Crippen molar-refractivity contribution in [2.75, 3.05) is 11.9 Å². The topological polar surface area (TPSA) is 75.4 Å². The Hall–Kier alpha value is -1.53. The van der Waals surface area contributed by atoms with E-state index in [2.05, 4.69) is 5.32 Å². The summed E-state index contributed by atoms with van der Waals surface area (Å²) in [6.07, 6.45) is 3.19. The first-order valence-corrected chi connectivity index (χ1v) is 9.37. The van der Waals surface area contributed by atoms with E-state index in [9.17, 15) is 9.59 Å². The predicted octanol–water partition coefficient (Wildman–Crippen LogP) is 2.85. The number of benzene rings is 1. The molecular weight excluding hydrogens is 322 g/mol. The summed E-state index contributed by atoms with van der Waals surface area (Å²) in [7, 11) is 0. The lowest BCUT2D eigenvalue weighted by Gasteiger charge is -2.39. The maximum Gasteiger partial charge on any atom is 0.236 e. The van der Waals surface area contributed by atoms with Gasteiger partial charge >= 0.3 is 0 Å². The number of amides is 2. The number of carbonyl (C=O) groups is 2. The zero-order chi connectivity index (χ0) is 17.7. The van der Waals surface area contributed by atoms with Crippen molar-refractivity contribution in [3.8, 4) is 0 Å². The highest BCUT2D eigenvalue weighted by molar-refractivity contribution is 8.00. The van der Waals surface area contributed by atoms with Gasteiger partial charge in [-0.1, -0.05) is 0 Å². The van der Waals surface area contributed by atoms with E-state index < -0.39 is 0 Å². The van der Waals surface area contributed by atoms with Gasteiger partial charge in [0.1, 0.15) is 0 Å². The standard InChI is InChI=1S/C18H27N3O2S/c1-12(19)17-6-4-5-11-21(17)18(23)13(2)24-16-9-7-15(8-10-16)20-14(3)22/h7-10,12-13,17H,4-6,11,19H2,1-3H3,(H,20,22). The van der Waals surface area contributed by atoms with Crippen LogP contribution in [-0.2, 0) is 9.59 Å². The van der Waals surface area contributed by atoms with Crippen LogP contribution in [0.1, 0.15) is 40.0 Å². The Morgan fingerprint density at radius 2 is 1.92 bits per heavy atom. The van der Waals surface area contributed by atoms with Gasteiger partial charge in [-0.15, -0.1) is 11.8 Å². The second-order valence-electron chi connectivity index (χ2n) is 6.42. The van der Waals surface area contributed by atoms with Crippen LogP contribution >= 0.6 is 11.8 Å². The van der Waals surface area contributed by atoms with Crippen molar-refractivity contribution in [1.82, 2.24) is 4.90 Å².